The zero-order chi connectivity index (χ0) is 13.1. The summed E-state index contributed by atoms with van der Waals surface area (Å²) in [7, 11) is 1.93. The highest BCUT2D eigenvalue weighted by Crippen LogP contribution is 2.25. The third kappa shape index (κ3) is 2.70. The summed E-state index contributed by atoms with van der Waals surface area (Å²) in [5.41, 5.74) is 3.15. The minimum Gasteiger partial charge on any atom is -0.329 e. The van der Waals surface area contributed by atoms with Gasteiger partial charge in [0.15, 0.2) is 0 Å². The van der Waals surface area contributed by atoms with E-state index in [4.69, 9.17) is 0 Å². The Balaban J connectivity index is 2.33. The third-order valence-corrected chi connectivity index (χ3v) is 3.44. The summed E-state index contributed by atoms with van der Waals surface area (Å²) in [5.74, 6) is 0.651. The van der Waals surface area contributed by atoms with Crippen LogP contribution in [-0.4, -0.2) is 12.0 Å². The standard InChI is InChI=1S/C14H14BrFN2/c1-10-7-11(8-15)9-17-14(10)18(2)13-5-3-12(16)4-6-13/h3-7,9H,8H2,1-2H3. The second-order valence-corrected chi connectivity index (χ2v) is 4.71. The summed E-state index contributed by atoms with van der Waals surface area (Å²) in [5, 5.41) is 0.793. The molecule has 1 aromatic carbocycles. The van der Waals surface area contributed by atoms with E-state index in [-0.39, 0.29) is 5.82 Å². The van der Waals surface area contributed by atoms with Crippen molar-refractivity contribution in [3.05, 3.63) is 53.5 Å². The number of pyridine rings is 1. The van der Waals surface area contributed by atoms with Gasteiger partial charge in [0, 0.05) is 24.3 Å². The van der Waals surface area contributed by atoms with Gasteiger partial charge in [-0.25, -0.2) is 9.37 Å². The Morgan fingerprint density at radius 2 is 1.94 bits per heavy atom. The van der Waals surface area contributed by atoms with Gasteiger partial charge in [0.1, 0.15) is 11.6 Å². The number of nitrogens with zero attached hydrogens (tertiary/aromatic N) is 2. The van der Waals surface area contributed by atoms with E-state index >= 15 is 0 Å². The topological polar surface area (TPSA) is 16.1 Å². The van der Waals surface area contributed by atoms with Gasteiger partial charge in [0.05, 0.1) is 0 Å². The fourth-order valence-corrected chi connectivity index (χ4v) is 2.14. The van der Waals surface area contributed by atoms with Crippen LogP contribution < -0.4 is 4.90 Å². The minimum absolute atomic E-state index is 0.230. The quantitative estimate of drug-likeness (QED) is 0.790. The van der Waals surface area contributed by atoms with Gasteiger partial charge < -0.3 is 4.90 Å². The van der Waals surface area contributed by atoms with Crippen LogP contribution in [0.15, 0.2) is 36.5 Å². The van der Waals surface area contributed by atoms with Crippen LogP contribution in [0.5, 0.6) is 0 Å². The number of hydrogen-bond acceptors (Lipinski definition) is 2. The lowest BCUT2D eigenvalue weighted by atomic mass is 10.2. The Kier molecular flexibility index (Phi) is 3.97. The average Bonchev–Trinajstić information content (AvgIpc) is 2.38. The molecule has 2 rings (SSSR count). The van der Waals surface area contributed by atoms with Crippen molar-refractivity contribution >= 4 is 27.4 Å². The predicted octanol–water partition coefficient (Wildman–Crippen LogP) is 4.19. The summed E-state index contributed by atoms with van der Waals surface area (Å²) < 4.78 is 12.9. The number of anilines is 2. The molecule has 18 heavy (non-hydrogen) atoms. The molecule has 0 saturated heterocycles. The molecule has 0 aliphatic rings. The lowest BCUT2D eigenvalue weighted by Gasteiger charge is -2.20. The van der Waals surface area contributed by atoms with Crippen molar-refractivity contribution in [2.75, 3.05) is 11.9 Å². The maximum absolute atomic E-state index is 12.9. The van der Waals surface area contributed by atoms with Crippen LogP contribution in [-0.2, 0) is 5.33 Å². The van der Waals surface area contributed by atoms with Crippen molar-refractivity contribution < 1.29 is 4.39 Å². The Morgan fingerprint density at radius 3 is 2.50 bits per heavy atom. The fourth-order valence-electron chi connectivity index (χ4n) is 1.84. The highest BCUT2D eigenvalue weighted by atomic mass is 79.9. The Hall–Kier alpha value is -1.42. The van der Waals surface area contributed by atoms with Gasteiger partial charge in [-0.1, -0.05) is 22.0 Å². The summed E-state index contributed by atoms with van der Waals surface area (Å²) in [6, 6.07) is 8.49. The number of aryl methyl sites for hydroxylation is 1. The SMILES string of the molecule is Cc1cc(CBr)cnc1N(C)c1ccc(F)cc1. The van der Waals surface area contributed by atoms with Crippen LogP contribution in [0.3, 0.4) is 0 Å². The molecule has 4 heteroatoms. The molecule has 0 fully saturated rings. The summed E-state index contributed by atoms with van der Waals surface area (Å²) in [4.78, 5) is 6.40. The van der Waals surface area contributed by atoms with Gasteiger partial charge in [-0.2, -0.15) is 0 Å². The Bertz CT molecular complexity index is 540. The largest absolute Gasteiger partial charge is 0.329 e. The van der Waals surface area contributed by atoms with Crippen molar-refractivity contribution in [1.82, 2.24) is 4.98 Å². The molecule has 1 aromatic heterocycles. The number of rotatable bonds is 3. The first-order valence-electron chi connectivity index (χ1n) is 5.62. The van der Waals surface area contributed by atoms with Crippen LogP contribution in [0.1, 0.15) is 11.1 Å². The number of benzene rings is 1. The van der Waals surface area contributed by atoms with Crippen LogP contribution in [0.4, 0.5) is 15.9 Å². The first-order valence-corrected chi connectivity index (χ1v) is 6.74. The van der Waals surface area contributed by atoms with Crippen LogP contribution in [0.2, 0.25) is 0 Å². The summed E-state index contributed by atoms with van der Waals surface area (Å²) in [6.45, 7) is 2.02. The van der Waals surface area contributed by atoms with E-state index in [1.54, 1.807) is 12.1 Å². The Morgan fingerprint density at radius 1 is 1.28 bits per heavy atom. The van der Waals surface area contributed by atoms with Crippen molar-refractivity contribution in [1.29, 1.82) is 0 Å². The molecule has 0 bridgehead atoms. The third-order valence-electron chi connectivity index (χ3n) is 2.79. The number of halogens is 2. The van der Waals surface area contributed by atoms with Gasteiger partial charge in [-0.3, -0.25) is 0 Å². The van der Waals surface area contributed by atoms with Gasteiger partial charge in [-0.15, -0.1) is 0 Å². The highest BCUT2D eigenvalue weighted by molar-refractivity contribution is 9.08. The second kappa shape index (κ2) is 5.48. The molecule has 1 heterocycles. The van der Waals surface area contributed by atoms with E-state index in [2.05, 4.69) is 27.0 Å². The van der Waals surface area contributed by atoms with Gasteiger partial charge in [0.25, 0.3) is 0 Å². The first kappa shape index (κ1) is 13.0. The zero-order valence-electron chi connectivity index (χ0n) is 10.3. The minimum atomic E-state index is -0.230. The van der Waals surface area contributed by atoms with Crippen molar-refractivity contribution in [3.63, 3.8) is 0 Å². The summed E-state index contributed by atoms with van der Waals surface area (Å²) in [6.07, 6.45) is 1.84. The lowest BCUT2D eigenvalue weighted by molar-refractivity contribution is 0.628. The Labute approximate surface area is 115 Å². The van der Waals surface area contributed by atoms with E-state index in [0.717, 1.165) is 28.0 Å². The molecule has 0 aliphatic heterocycles. The predicted molar refractivity (Wildman–Crippen MR) is 76.1 cm³/mol. The molecule has 0 amide bonds. The molecule has 0 atom stereocenters. The molecule has 0 spiro atoms. The van der Waals surface area contributed by atoms with Crippen molar-refractivity contribution in [2.45, 2.75) is 12.3 Å². The first-order chi connectivity index (χ1) is 8.61. The maximum atomic E-state index is 12.9. The van der Waals surface area contributed by atoms with E-state index < -0.39 is 0 Å². The van der Waals surface area contributed by atoms with Crippen molar-refractivity contribution in [2.24, 2.45) is 0 Å². The average molecular weight is 309 g/mol. The number of aromatic nitrogens is 1. The molecular weight excluding hydrogens is 295 g/mol. The van der Waals surface area contributed by atoms with Crippen LogP contribution in [0, 0.1) is 12.7 Å². The van der Waals surface area contributed by atoms with Crippen LogP contribution >= 0.6 is 15.9 Å². The number of alkyl halides is 1. The van der Waals surface area contributed by atoms with E-state index in [1.807, 2.05) is 25.1 Å². The lowest BCUT2D eigenvalue weighted by Crippen LogP contribution is -2.12. The number of hydrogen-bond donors (Lipinski definition) is 0. The second-order valence-electron chi connectivity index (χ2n) is 4.15. The molecule has 0 N–H and O–H groups in total. The fraction of sp³-hybridized carbons (Fsp3) is 0.214. The van der Waals surface area contributed by atoms with E-state index in [0.29, 0.717) is 0 Å². The molecule has 0 radical (unpaired) electrons. The van der Waals surface area contributed by atoms with Gasteiger partial charge >= 0.3 is 0 Å². The normalized spacial score (nSPS) is 10.4. The molecule has 2 nitrogen and oxygen atoms in total. The maximum Gasteiger partial charge on any atom is 0.135 e. The highest BCUT2D eigenvalue weighted by Gasteiger charge is 2.09. The van der Waals surface area contributed by atoms with E-state index in [9.17, 15) is 4.39 Å². The molecule has 94 valence electrons. The van der Waals surface area contributed by atoms with Gasteiger partial charge in [-0.05, 0) is 42.3 Å². The molecule has 0 aliphatic carbocycles. The molecular formula is C14H14BrFN2. The summed E-state index contributed by atoms with van der Waals surface area (Å²) >= 11 is 3.41. The van der Waals surface area contributed by atoms with Crippen LogP contribution in [0.25, 0.3) is 0 Å². The van der Waals surface area contributed by atoms with Gasteiger partial charge in [0.2, 0.25) is 0 Å². The monoisotopic (exact) mass is 308 g/mol. The molecule has 0 unspecified atom stereocenters. The zero-order valence-corrected chi connectivity index (χ0v) is 11.9. The molecule has 2 aromatic rings. The smallest absolute Gasteiger partial charge is 0.135 e. The van der Waals surface area contributed by atoms with E-state index in [1.165, 1.54) is 12.1 Å². The molecule has 0 saturated carbocycles. The van der Waals surface area contributed by atoms with Crippen molar-refractivity contribution in [3.8, 4) is 0 Å².